The summed E-state index contributed by atoms with van der Waals surface area (Å²) in [5.74, 6) is 1.47. The van der Waals surface area contributed by atoms with E-state index in [9.17, 15) is 4.79 Å². The number of hydrogen-bond acceptors (Lipinski definition) is 8. The van der Waals surface area contributed by atoms with Gasteiger partial charge in [-0.05, 0) is 38.6 Å². The van der Waals surface area contributed by atoms with Crippen LogP contribution in [0.3, 0.4) is 0 Å². The lowest BCUT2D eigenvalue weighted by Crippen LogP contribution is -2.19. The van der Waals surface area contributed by atoms with Crippen LogP contribution in [0.2, 0.25) is 0 Å². The van der Waals surface area contributed by atoms with E-state index in [1.807, 2.05) is 31.3 Å². The Morgan fingerprint density at radius 2 is 1.93 bits per heavy atom. The minimum Gasteiger partial charge on any atom is -0.497 e. The Labute approximate surface area is 163 Å². The predicted octanol–water partition coefficient (Wildman–Crippen LogP) is 2.93. The van der Waals surface area contributed by atoms with Gasteiger partial charge in [-0.1, -0.05) is 12.1 Å². The number of nitrogens with zero attached hydrogens (tertiary/aromatic N) is 3. The van der Waals surface area contributed by atoms with Crippen molar-refractivity contribution in [1.29, 1.82) is 0 Å². The number of hydrogen-bond donors (Lipinski definition) is 1. The van der Waals surface area contributed by atoms with Gasteiger partial charge >= 0.3 is 5.97 Å². The lowest BCUT2D eigenvalue weighted by atomic mass is 10.2. The molecule has 0 aliphatic heterocycles. The maximum absolute atomic E-state index is 12.2. The smallest absolute Gasteiger partial charge is 0.342 e. The third-order valence-electron chi connectivity index (χ3n) is 4.30. The van der Waals surface area contributed by atoms with Gasteiger partial charge in [0, 0.05) is 6.54 Å². The Hall–Kier alpha value is -3.13. The molecule has 2 aromatic heterocycles. The van der Waals surface area contributed by atoms with Gasteiger partial charge in [0.05, 0.1) is 25.6 Å². The lowest BCUT2D eigenvalue weighted by molar-refractivity contribution is 0.0526. The Morgan fingerprint density at radius 3 is 2.57 bits per heavy atom. The van der Waals surface area contributed by atoms with Crippen LogP contribution in [-0.4, -0.2) is 41.6 Å². The number of esters is 1. The summed E-state index contributed by atoms with van der Waals surface area (Å²) >= 11 is 0. The molecule has 3 aromatic rings. The number of methoxy groups -OCH3 is 1. The Balaban J connectivity index is 1.80. The van der Waals surface area contributed by atoms with Gasteiger partial charge in [0.2, 0.25) is 5.71 Å². The number of nitrogens with two attached hydrogens (primary N) is 1. The molecule has 28 heavy (non-hydrogen) atoms. The normalized spacial score (nSPS) is 11.2. The minimum atomic E-state index is -0.488. The van der Waals surface area contributed by atoms with Crippen molar-refractivity contribution in [3.63, 3.8) is 0 Å². The molecule has 8 heteroatoms. The van der Waals surface area contributed by atoms with Gasteiger partial charge in [0.1, 0.15) is 28.7 Å². The molecule has 0 radical (unpaired) electrons. The molecular weight excluding hydrogens is 360 g/mol. The Morgan fingerprint density at radius 1 is 1.21 bits per heavy atom. The summed E-state index contributed by atoms with van der Waals surface area (Å²) in [4.78, 5) is 23.1. The average molecular weight is 384 g/mol. The molecule has 2 heterocycles. The van der Waals surface area contributed by atoms with Crippen LogP contribution in [0, 0.1) is 6.92 Å². The van der Waals surface area contributed by atoms with Gasteiger partial charge < -0.3 is 19.6 Å². The molecule has 0 spiro atoms. The molecule has 3 rings (SSSR count). The summed E-state index contributed by atoms with van der Waals surface area (Å²) in [6.07, 6.45) is 0. The molecule has 0 bridgehead atoms. The number of fused-ring (bicyclic) bond motifs is 1. The first kappa shape index (κ1) is 19.6. The molecule has 2 N–H and O–H groups in total. The van der Waals surface area contributed by atoms with E-state index in [2.05, 4.69) is 14.9 Å². The van der Waals surface area contributed by atoms with Gasteiger partial charge in [-0.15, -0.1) is 0 Å². The number of aromatic nitrogens is 2. The summed E-state index contributed by atoms with van der Waals surface area (Å²) in [5, 5.41) is 0.400. The first-order valence-corrected chi connectivity index (χ1v) is 8.97. The lowest BCUT2D eigenvalue weighted by Gasteiger charge is -2.16. The van der Waals surface area contributed by atoms with Crippen molar-refractivity contribution < 1.29 is 18.7 Å². The maximum atomic E-state index is 12.2. The Kier molecular flexibility index (Phi) is 5.79. The summed E-state index contributed by atoms with van der Waals surface area (Å²) in [7, 11) is 3.61. The number of nitrogen functional groups attached to an aromatic ring is 1. The van der Waals surface area contributed by atoms with Gasteiger partial charge in [-0.3, -0.25) is 4.90 Å². The second-order valence-corrected chi connectivity index (χ2v) is 6.48. The van der Waals surface area contributed by atoms with Crippen molar-refractivity contribution in [2.75, 3.05) is 26.5 Å². The van der Waals surface area contributed by atoms with Crippen LogP contribution >= 0.6 is 0 Å². The number of furan rings is 1. The molecule has 8 nitrogen and oxygen atoms in total. The molecule has 0 fully saturated rings. The van der Waals surface area contributed by atoms with E-state index in [4.69, 9.17) is 19.6 Å². The summed E-state index contributed by atoms with van der Waals surface area (Å²) < 4.78 is 15.9. The highest BCUT2D eigenvalue weighted by molar-refractivity contribution is 6.07. The zero-order chi connectivity index (χ0) is 20.3. The number of carbonyl (C=O) groups is 1. The van der Waals surface area contributed by atoms with Crippen molar-refractivity contribution >= 4 is 22.9 Å². The number of aryl methyl sites for hydroxylation is 1. The van der Waals surface area contributed by atoms with E-state index < -0.39 is 5.97 Å². The van der Waals surface area contributed by atoms with Crippen molar-refractivity contribution in [3.05, 3.63) is 47.0 Å². The molecule has 0 amide bonds. The molecule has 0 atom stereocenters. The zero-order valence-electron chi connectivity index (χ0n) is 16.5. The minimum absolute atomic E-state index is 0.206. The fourth-order valence-corrected chi connectivity index (χ4v) is 3.04. The third-order valence-corrected chi connectivity index (χ3v) is 4.30. The fourth-order valence-electron chi connectivity index (χ4n) is 3.04. The molecule has 1 aromatic carbocycles. The zero-order valence-corrected chi connectivity index (χ0v) is 16.5. The first-order valence-electron chi connectivity index (χ1n) is 8.97. The number of rotatable bonds is 7. The topological polar surface area (TPSA) is 104 Å². The van der Waals surface area contributed by atoms with Crippen LogP contribution < -0.4 is 10.5 Å². The molecular formula is C20H24N4O4. The second-order valence-electron chi connectivity index (χ2n) is 6.48. The fraction of sp³-hybridized carbons (Fsp3) is 0.350. The largest absolute Gasteiger partial charge is 0.497 e. The van der Waals surface area contributed by atoms with Crippen molar-refractivity contribution in [3.8, 4) is 5.75 Å². The molecule has 0 unspecified atom stereocenters. The highest BCUT2D eigenvalue weighted by Gasteiger charge is 2.24. The molecule has 148 valence electrons. The summed E-state index contributed by atoms with van der Waals surface area (Å²) in [6, 6.07) is 7.86. The number of ether oxygens (including phenoxy) is 2. The highest BCUT2D eigenvalue weighted by Crippen LogP contribution is 2.29. The highest BCUT2D eigenvalue weighted by atomic mass is 16.5. The molecule has 0 aliphatic carbocycles. The predicted molar refractivity (Wildman–Crippen MR) is 105 cm³/mol. The van der Waals surface area contributed by atoms with Crippen LogP contribution in [0.15, 0.2) is 28.7 Å². The van der Waals surface area contributed by atoms with E-state index >= 15 is 0 Å². The van der Waals surface area contributed by atoms with Crippen molar-refractivity contribution in [2.45, 2.75) is 26.9 Å². The van der Waals surface area contributed by atoms with Crippen LogP contribution in [0.5, 0.6) is 5.75 Å². The molecule has 0 saturated carbocycles. The van der Waals surface area contributed by atoms with Gasteiger partial charge in [0.25, 0.3) is 0 Å². The monoisotopic (exact) mass is 384 g/mol. The standard InChI is InChI=1S/C20H24N4O4/c1-5-27-20(25)16-12(2)28-19-17(16)18(21)22-15(23-19)11-24(3)10-13-6-8-14(26-4)9-7-13/h6-9H,5,10-11H2,1-4H3,(H2,21,22,23). The van der Waals surface area contributed by atoms with E-state index in [-0.39, 0.29) is 18.0 Å². The van der Waals surface area contributed by atoms with E-state index in [0.717, 1.165) is 11.3 Å². The SMILES string of the molecule is CCOC(=O)c1c(C)oc2nc(CN(C)Cc3ccc(OC)cc3)nc(N)c12. The molecule has 0 aliphatic rings. The quantitative estimate of drug-likeness (QED) is 0.620. The number of benzene rings is 1. The van der Waals surface area contributed by atoms with Crippen molar-refractivity contribution in [2.24, 2.45) is 0 Å². The van der Waals surface area contributed by atoms with Crippen LogP contribution in [-0.2, 0) is 17.8 Å². The molecule has 0 saturated heterocycles. The van der Waals surface area contributed by atoms with Gasteiger partial charge in [-0.2, -0.15) is 4.98 Å². The van der Waals surface area contributed by atoms with Crippen LogP contribution in [0.4, 0.5) is 5.82 Å². The van der Waals surface area contributed by atoms with Crippen LogP contribution in [0.1, 0.15) is 34.4 Å². The third kappa shape index (κ3) is 4.07. The van der Waals surface area contributed by atoms with E-state index in [0.29, 0.717) is 35.8 Å². The number of carbonyl (C=O) groups excluding carboxylic acids is 1. The average Bonchev–Trinajstić information content (AvgIpc) is 2.99. The second kappa shape index (κ2) is 8.26. The van der Waals surface area contributed by atoms with E-state index in [1.54, 1.807) is 21.0 Å². The van der Waals surface area contributed by atoms with Gasteiger partial charge in [0.15, 0.2) is 0 Å². The maximum Gasteiger partial charge on any atom is 0.342 e. The van der Waals surface area contributed by atoms with Crippen molar-refractivity contribution in [1.82, 2.24) is 14.9 Å². The summed E-state index contributed by atoms with van der Waals surface area (Å²) in [6.45, 7) is 4.87. The van der Waals surface area contributed by atoms with E-state index in [1.165, 1.54) is 0 Å². The Bertz CT molecular complexity index is 982. The van der Waals surface area contributed by atoms with Crippen LogP contribution in [0.25, 0.3) is 11.1 Å². The first-order chi connectivity index (χ1) is 13.4. The number of anilines is 1. The van der Waals surface area contributed by atoms with Gasteiger partial charge in [-0.25, -0.2) is 9.78 Å². The summed E-state index contributed by atoms with van der Waals surface area (Å²) in [5.41, 5.74) is 7.83.